The number of hydrogen-bond acceptors (Lipinski definition) is 8. The molecule has 1 rings (SSSR count). The zero-order valence-corrected chi connectivity index (χ0v) is 49.7. The van der Waals surface area contributed by atoms with E-state index in [9.17, 15) is 23.8 Å². The van der Waals surface area contributed by atoms with Crippen LogP contribution in [-0.2, 0) is 37.5 Å². The average Bonchev–Trinajstić information content (AvgIpc) is 3.35. The molecular formula is C63H110NO9P. The molecular weight excluding hydrogens is 946 g/mol. The molecule has 1 aliphatic carbocycles. The summed E-state index contributed by atoms with van der Waals surface area (Å²) in [6.45, 7) is 18.2. The Morgan fingerprint density at radius 3 is 1.66 bits per heavy atom. The molecule has 74 heavy (non-hydrogen) atoms. The maximum Gasteiger partial charge on any atom is 0.472 e. The van der Waals surface area contributed by atoms with E-state index in [0.717, 1.165) is 76.2 Å². The van der Waals surface area contributed by atoms with E-state index in [4.69, 9.17) is 18.5 Å². The molecule has 0 aromatic rings. The normalized spacial score (nSPS) is 15.1. The number of phosphoric ester groups is 1. The summed E-state index contributed by atoms with van der Waals surface area (Å²) in [6.07, 6.45) is 54.9. The monoisotopic (exact) mass is 1060 g/mol. The van der Waals surface area contributed by atoms with Gasteiger partial charge in [-0.3, -0.25) is 23.4 Å². The van der Waals surface area contributed by atoms with Gasteiger partial charge in [-0.1, -0.05) is 202 Å². The van der Waals surface area contributed by atoms with Gasteiger partial charge < -0.3 is 19.7 Å². The van der Waals surface area contributed by atoms with E-state index < -0.39 is 32.5 Å². The number of hydrogen-bond donors (Lipinski definition) is 2. The Kier molecular flexibility index (Phi) is 46.0. The van der Waals surface area contributed by atoms with Crippen molar-refractivity contribution in [3.8, 4) is 0 Å². The summed E-state index contributed by atoms with van der Waals surface area (Å²) >= 11 is 0. The molecule has 0 aromatic carbocycles. The first kappa shape index (κ1) is 70.7. The third-order valence-electron chi connectivity index (χ3n) is 13.1. The minimum atomic E-state index is -4.53. The minimum Gasteiger partial charge on any atom is -0.462 e. The van der Waals surface area contributed by atoms with Crippen LogP contribution in [0.1, 0.15) is 261 Å². The second kappa shape index (κ2) is 48.1. The molecule has 1 unspecified atom stereocenters. The highest BCUT2D eigenvalue weighted by Crippen LogP contribution is 2.43. The molecule has 10 nitrogen and oxygen atoms in total. The Balaban J connectivity index is 0.00000262. The molecule has 0 radical (unpaired) electrons. The molecule has 426 valence electrons. The van der Waals surface area contributed by atoms with Crippen LogP contribution in [-0.4, -0.2) is 55.2 Å². The van der Waals surface area contributed by atoms with Crippen molar-refractivity contribution in [3.63, 3.8) is 0 Å². The van der Waals surface area contributed by atoms with E-state index in [1.165, 1.54) is 120 Å². The second-order valence-electron chi connectivity index (χ2n) is 21.3. The van der Waals surface area contributed by atoms with E-state index in [1.54, 1.807) is 19.4 Å². The molecule has 11 heteroatoms. The third-order valence-corrected chi connectivity index (χ3v) is 14.1. The zero-order valence-electron chi connectivity index (χ0n) is 48.8. The fourth-order valence-electron chi connectivity index (χ4n) is 8.69. The van der Waals surface area contributed by atoms with Crippen LogP contribution in [0.25, 0.3) is 0 Å². The van der Waals surface area contributed by atoms with Gasteiger partial charge >= 0.3 is 19.8 Å². The van der Waals surface area contributed by atoms with Crippen LogP contribution < -0.4 is 5.32 Å². The van der Waals surface area contributed by atoms with Crippen LogP contribution in [0, 0.1) is 5.41 Å². The van der Waals surface area contributed by atoms with Crippen molar-refractivity contribution in [3.05, 3.63) is 83.1 Å². The Labute approximate surface area is 453 Å². The highest BCUT2D eigenvalue weighted by Gasteiger charge is 2.27. The molecule has 0 heterocycles. The highest BCUT2D eigenvalue weighted by atomic mass is 31.2. The number of carbonyl (C=O) groups excluding carboxylic acids is 3. The SMILES string of the molecule is C/C=C/C=C(C)/C=C/C1=C(C)CCCC1(C)C.CCCCCCCC/C=C\CCCCCCCC(=O)OC[C@H](COP(=O)(O)OCCNC(=O)C=C(C)C)OC(=O)CCCCCCC/C=C\CCCCCCCC. The Morgan fingerprint density at radius 2 is 1.18 bits per heavy atom. The zero-order chi connectivity index (χ0) is 55.0. The molecule has 1 aliphatic rings. The van der Waals surface area contributed by atoms with Crippen LogP contribution in [0.4, 0.5) is 0 Å². The summed E-state index contributed by atoms with van der Waals surface area (Å²) in [5.41, 5.74) is 5.58. The van der Waals surface area contributed by atoms with Gasteiger partial charge in [-0.05, 0) is 129 Å². The summed E-state index contributed by atoms with van der Waals surface area (Å²) in [6, 6.07) is 0. The van der Waals surface area contributed by atoms with Crippen LogP contribution in [0.2, 0.25) is 0 Å². The lowest BCUT2D eigenvalue weighted by Gasteiger charge is -2.32. The van der Waals surface area contributed by atoms with Gasteiger partial charge in [0.25, 0.3) is 0 Å². The molecule has 0 saturated carbocycles. The Morgan fingerprint density at radius 1 is 0.689 bits per heavy atom. The smallest absolute Gasteiger partial charge is 0.462 e. The van der Waals surface area contributed by atoms with Gasteiger partial charge in [0.2, 0.25) is 5.91 Å². The Bertz CT molecular complexity index is 1720. The van der Waals surface area contributed by atoms with Crippen molar-refractivity contribution in [2.75, 3.05) is 26.4 Å². The maximum absolute atomic E-state index is 12.7. The van der Waals surface area contributed by atoms with Crippen LogP contribution in [0.5, 0.6) is 0 Å². The number of unbranched alkanes of at least 4 members (excludes halogenated alkanes) is 22. The highest BCUT2D eigenvalue weighted by molar-refractivity contribution is 7.47. The number of amides is 1. The minimum absolute atomic E-state index is 0.00113. The number of esters is 2. The van der Waals surface area contributed by atoms with E-state index in [2.05, 4.69) is 102 Å². The topological polar surface area (TPSA) is 137 Å². The maximum atomic E-state index is 12.7. The van der Waals surface area contributed by atoms with Crippen LogP contribution >= 0.6 is 7.82 Å². The average molecular weight is 1060 g/mol. The number of phosphoric acid groups is 1. The van der Waals surface area contributed by atoms with Crippen molar-refractivity contribution < 1.29 is 42.4 Å². The van der Waals surface area contributed by atoms with Gasteiger partial charge in [0.05, 0.1) is 13.2 Å². The van der Waals surface area contributed by atoms with Crippen molar-refractivity contribution in [1.29, 1.82) is 0 Å². The number of allylic oxidation sites excluding steroid dienone is 13. The second-order valence-corrected chi connectivity index (χ2v) is 22.7. The molecule has 0 aliphatic heterocycles. The lowest BCUT2D eigenvalue weighted by Crippen LogP contribution is -2.30. The third kappa shape index (κ3) is 44.9. The summed E-state index contributed by atoms with van der Waals surface area (Å²) in [4.78, 5) is 47.1. The fourth-order valence-corrected chi connectivity index (χ4v) is 9.44. The predicted molar refractivity (Wildman–Crippen MR) is 312 cm³/mol. The number of ether oxygens (including phenoxy) is 2. The molecule has 0 fully saturated rings. The lowest BCUT2D eigenvalue weighted by molar-refractivity contribution is -0.161. The van der Waals surface area contributed by atoms with Gasteiger partial charge in [0.15, 0.2) is 6.10 Å². The molecule has 2 N–H and O–H groups in total. The lowest BCUT2D eigenvalue weighted by atomic mass is 9.72. The van der Waals surface area contributed by atoms with Gasteiger partial charge in [0.1, 0.15) is 6.61 Å². The predicted octanol–water partition coefficient (Wildman–Crippen LogP) is 18.3. The molecule has 0 bridgehead atoms. The van der Waals surface area contributed by atoms with E-state index >= 15 is 0 Å². The molecule has 0 aromatic heterocycles. The summed E-state index contributed by atoms with van der Waals surface area (Å²) in [5, 5.41) is 2.55. The Hall–Kier alpha value is -3.30. The standard InChI is InChI=1S/C46H84NO9P.C17H26/c1-5-7-9-11-13-15-17-19-21-23-25-27-29-31-33-35-45(49)53-40-43(41-55-57(51,52)54-38-37-47-44(48)39-42(3)4)56-46(50)36-34-32-30-28-26-24-22-20-18-16-14-12-10-8-6-2;1-6-7-9-14(2)11-12-16-15(3)10-8-13-17(16,4)5/h19-22,39,43H,5-18,23-38,40-41H2,1-4H3,(H,47,48)(H,51,52);6-7,9,11-12H,8,10,13H2,1-5H3/b21-19-,22-20-;7-6+,12-11+,14-9+/t43-;/m1./s1. The van der Waals surface area contributed by atoms with Gasteiger partial charge in [0, 0.05) is 25.5 Å². The van der Waals surface area contributed by atoms with Gasteiger partial charge in [-0.15, -0.1) is 0 Å². The van der Waals surface area contributed by atoms with Crippen molar-refractivity contribution in [1.82, 2.24) is 5.32 Å². The van der Waals surface area contributed by atoms with Gasteiger partial charge in [-0.25, -0.2) is 4.57 Å². The fraction of sp³-hybridized carbons (Fsp3) is 0.730. The van der Waals surface area contributed by atoms with Crippen molar-refractivity contribution in [2.45, 2.75) is 267 Å². The summed E-state index contributed by atoms with van der Waals surface area (Å²) in [7, 11) is -4.53. The first-order chi connectivity index (χ1) is 35.6. The molecule has 2 atom stereocenters. The molecule has 0 spiro atoms. The largest absolute Gasteiger partial charge is 0.472 e. The van der Waals surface area contributed by atoms with Crippen LogP contribution in [0.3, 0.4) is 0 Å². The van der Waals surface area contributed by atoms with Crippen molar-refractivity contribution >= 4 is 25.7 Å². The molecule has 0 saturated heterocycles. The van der Waals surface area contributed by atoms with E-state index in [0.29, 0.717) is 18.3 Å². The first-order valence-electron chi connectivity index (χ1n) is 29.4. The number of carbonyl (C=O) groups is 3. The quantitative estimate of drug-likeness (QED) is 0.0153. The van der Waals surface area contributed by atoms with Crippen molar-refractivity contribution in [2.24, 2.45) is 5.41 Å². The first-order valence-corrected chi connectivity index (χ1v) is 30.9. The number of rotatable bonds is 44. The molecule has 1 amide bonds. The summed E-state index contributed by atoms with van der Waals surface area (Å²) < 4.78 is 33.5. The van der Waals surface area contributed by atoms with E-state index in [1.807, 2.05) is 6.92 Å². The van der Waals surface area contributed by atoms with Gasteiger partial charge in [-0.2, -0.15) is 0 Å². The number of nitrogens with one attached hydrogen (secondary N) is 1. The van der Waals surface area contributed by atoms with Crippen LogP contribution in [0.15, 0.2) is 83.1 Å². The summed E-state index contributed by atoms with van der Waals surface area (Å²) in [5.74, 6) is -1.24. The van der Waals surface area contributed by atoms with E-state index in [-0.39, 0.29) is 38.5 Å².